The van der Waals surface area contributed by atoms with Gasteiger partial charge in [0.1, 0.15) is 11.1 Å². The van der Waals surface area contributed by atoms with Crippen LogP contribution >= 0.6 is 0 Å². The summed E-state index contributed by atoms with van der Waals surface area (Å²) in [6.45, 7) is 8.81. The van der Waals surface area contributed by atoms with E-state index in [1.165, 1.54) is 0 Å². The second kappa shape index (κ2) is 10.4. The zero-order chi connectivity index (χ0) is 23.9. The lowest BCUT2D eigenvalue weighted by Gasteiger charge is -2.39. The number of hydrogen-bond acceptors (Lipinski definition) is 6. The molecule has 0 saturated heterocycles. The van der Waals surface area contributed by atoms with Crippen LogP contribution in [0.3, 0.4) is 0 Å². The number of imidazole rings is 1. The zero-order valence-electron chi connectivity index (χ0n) is 19.5. The molecule has 0 aliphatic rings. The maximum Gasteiger partial charge on any atom is 0.434 e. The van der Waals surface area contributed by atoms with E-state index in [9.17, 15) is 9.59 Å². The minimum atomic E-state index is -1.06. The predicted octanol–water partition coefficient (Wildman–Crippen LogP) is 3.69. The van der Waals surface area contributed by atoms with Crippen molar-refractivity contribution in [1.82, 2.24) is 9.97 Å². The van der Waals surface area contributed by atoms with Gasteiger partial charge in [0.15, 0.2) is 0 Å². The number of nitrogens with two attached hydrogens (primary N) is 2. The number of ether oxygens (including phenoxy) is 1. The Morgan fingerprint density at radius 3 is 2.41 bits per heavy atom. The minimum absolute atomic E-state index is 0.422. The molecule has 1 aromatic carbocycles. The smallest absolute Gasteiger partial charge is 0.434 e. The molecule has 1 unspecified atom stereocenters. The fraction of sp³-hybridized carbons (Fsp3) is 0.478. The zero-order valence-corrected chi connectivity index (χ0v) is 19.5. The molecule has 1 heterocycles. The standard InChI is InChI=1S/C23H34N6O3/c1-16(28-21(31)32-22(2,3)4)18(24)12-9-13-23(5,19(25)30)29(20-26-14-15-27-20)17-10-7-6-8-11-17/h6-8,10-11,14-15,18H,9,12-13,24H2,1-5H3,(H2,25,30)(H,26,27)/t18?,23-/m0/s1. The molecule has 9 heteroatoms. The van der Waals surface area contributed by atoms with Gasteiger partial charge in [-0.1, -0.05) is 18.2 Å². The Labute approximate surface area is 189 Å². The van der Waals surface area contributed by atoms with Crippen LogP contribution in [0.4, 0.5) is 16.4 Å². The van der Waals surface area contributed by atoms with Crippen molar-refractivity contribution in [3.8, 4) is 0 Å². The molecule has 0 aliphatic heterocycles. The summed E-state index contributed by atoms with van der Waals surface area (Å²) in [7, 11) is 0. The van der Waals surface area contributed by atoms with E-state index in [2.05, 4.69) is 15.0 Å². The fourth-order valence-corrected chi connectivity index (χ4v) is 3.33. The lowest BCUT2D eigenvalue weighted by atomic mass is 9.90. The largest absolute Gasteiger partial charge is 0.442 e. The predicted molar refractivity (Wildman–Crippen MR) is 126 cm³/mol. The van der Waals surface area contributed by atoms with Gasteiger partial charge in [-0.3, -0.25) is 9.69 Å². The number of H-pyrrole nitrogens is 1. The maximum atomic E-state index is 12.6. The van der Waals surface area contributed by atoms with Crippen LogP contribution < -0.4 is 16.4 Å². The molecule has 5 N–H and O–H groups in total. The van der Waals surface area contributed by atoms with Crippen molar-refractivity contribution < 1.29 is 14.3 Å². The molecule has 0 aliphatic carbocycles. The number of aromatic nitrogens is 2. The van der Waals surface area contributed by atoms with Crippen LogP contribution in [0.5, 0.6) is 0 Å². The van der Waals surface area contributed by atoms with Crippen LogP contribution in [-0.2, 0) is 9.53 Å². The molecule has 9 nitrogen and oxygen atoms in total. The summed E-state index contributed by atoms with van der Waals surface area (Å²) >= 11 is 0. The molecule has 0 bridgehead atoms. The number of rotatable bonds is 9. The molecule has 0 spiro atoms. The van der Waals surface area contributed by atoms with Gasteiger partial charge in [0, 0.05) is 29.8 Å². The second-order valence-corrected chi connectivity index (χ2v) is 8.95. The molecule has 1 aromatic heterocycles. The van der Waals surface area contributed by atoms with Gasteiger partial charge in [-0.05, 0) is 66.0 Å². The first kappa shape index (κ1) is 25.1. The Morgan fingerprint density at radius 1 is 1.22 bits per heavy atom. The lowest BCUT2D eigenvalue weighted by molar-refractivity contribution is -0.122. The maximum absolute atomic E-state index is 12.6. The first-order valence-electron chi connectivity index (χ1n) is 10.6. The third-order valence-electron chi connectivity index (χ3n) is 5.11. The molecule has 0 fully saturated rings. The molecule has 2 aromatic rings. The molecular weight excluding hydrogens is 408 g/mol. The third-order valence-corrected chi connectivity index (χ3v) is 5.11. The topological polar surface area (TPSA) is 140 Å². The average Bonchev–Trinajstić information content (AvgIpc) is 3.21. The van der Waals surface area contributed by atoms with E-state index in [1.807, 2.05) is 35.2 Å². The number of nitrogens with zero attached hydrogens (tertiary/aromatic N) is 3. The van der Waals surface area contributed by atoms with Crippen LogP contribution in [0.2, 0.25) is 0 Å². The summed E-state index contributed by atoms with van der Waals surface area (Å²) in [6.07, 6.45) is 4.16. The molecule has 174 valence electrons. The lowest BCUT2D eigenvalue weighted by Crippen LogP contribution is -2.54. The van der Waals surface area contributed by atoms with Gasteiger partial charge < -0.3 is 21.2 Å². The summed E-state index contributed by atoms with van der Waals surface area (Å²) in [5, 5.41) is 0. The third kappa shape index (κ3) is 6.65. The number of aliphatic imine (C=N–C) groups is 1. The van der Waals surface area contributed by atoms with E-state index in [0.29, 0.717) is 30.9 Å². The van der Waals surface area contributed by atoms with Crippen molar-refractivity contribution in [2.75, 3.05) is 4.90 Å². The van der Waals surface area contributed by atoms with Crippen LogP contribution in [0.25, 0.3) is 0 Å². The Morgan fingerprint density at radius 2 is 1.88 bits per heavy atom. The van der Waals surface area contributed by atoms with Gasteiger partial charge >= 0.3 is 6.09 Å². The number of aromatic amines is 1. The second-order valence-electron chi connectivity index (χ2n) is 8.95. The van der Waals surface area contributed by atoms with Gasteiger partial charge in [0.2, 0.25) is 11.9 Å². The number of anilines is 2. The van der Waals surface area contributed by atoms with E-state index in [0.717, 1.165) is 5.69 Å². The fourth-order valence-electron chi connectivity index (χ4n) is 3.33. The minimum Gasteiger partial charge on any atom is -0.442 e. The van der Waals surface area contributed by atoms with Crippen LogP contribution in [0.1, 0.15) is 53.9 Å². The van der Waals surface area contributed by atoms with Crippen molar-refractivity contribution in [2.24, 2.45) is 16.5 Å². The Kier molecular flexibility index (Phi) is 8.15. The Balaban J connectivity index is 2.15. The van der Waals surface area contributed by atoms with Gasteiger partial charge in [0.05, 0.1) is 0 Å². The molecule has 2 atom stereocenters. The van der Waals surface area contributed by atoms with Crippen molar-refractivity contribution in [1.29, 1.82) is 0 Å². The van der Waals surface area contributed by atoms with E-state index in [4.69, 9.17) is 16.2 Å². The first-order chi connectivity index (χ1) is 14.9. The Hall–Kier alpha value is -3.20. The molecule has 2 amide bonds. The van der Waals surface area contributed by atoms with Crippen LogP contribution in [0.15, 0.2) is 47.7 Å². The summed E-state index contributed by atoms with van der Waals surface area (Å²) in [6, 6.07) is 9.02. The number of amides is 2. The highest BCUT2D eigenvalue weighted by atomic mass is 16.6. The van der Waals surface area contributed by atoms with E-state index in [-0.39, 0.29) is 0 Å². The monoisotopic (exact) mass is 442 g/mol. The Bertz CT molecular complexity index is 921. The SMILES string of the molecule is CC(=NC(=O)OC(C)(C)C)C(N)CCC[C@@](C)(C(N)=O)N(c1ccccc1)c1ncc[nH]1. The number of hydrogen-bond donors (Lipinski definition) is 3. The molecule has 2 rings (SSSR count). The van der Waals surface area contributed by atoms with Crippen molar-refractivity contribution >= 4 is 29.3 Å². The summed E-state index contributed by atoms with van der Waals surface area (Å²) in [5.74, 6) is 0.0370. The quantitative estimate of drug-likeness (QED) is 0.506. The summed E-state index contributed by atoms with van der Waals surface area (Å²) in [4.78, 5) is 37.7. The van der Waals surface area contributed by atoms with Gasteiger partial charge in [-0.2, -0.15) is 4.99 Å². The van der Waals surface area contributed by atoms with Gasteiger partial charge in [-0.25, -0.2) is 9.78 Å². The van der Waals surface area contributed by atoms with Gasteiger partial charge in [0.25, 0.3) is 0 Å². The highest BCUT2D eigenvalue weighted by Gasteiger charge is 2.40. The highest BCUT2D eigenvalue weighted by molar-refractivity contribution is 5.95. The number of carbonyl (C=O) groups is 2. The summed E-state index contributed by atoms with van der Waals surface area (Å²) in [5.41, 5.74) is 11.7. The van der Waals surface area contributed by atoms with Gasteiger partial charge in [-0.15, -0.1) is 0 Å². The molecule has 32 heavy (non-hydrogen) atoms. The van der Waals surface area contributed by atoms with E-state index >= 15 is 0 Å². The molecular formula is C23H34N6O3. The highest BCUT2D eigenvalue weighted by Crippen LogP contribution is 2.34. The van der Waals surface area contributed by atoms with Crippen molar-refractivity contribution in [2.45, 2.75) is 71.1 Å². The summed E-state index contributed by atoms with van der Waals surface area (Å²) < 4.78 is 5.21. The van der Waals surface area contributed by atoms with Crippen molar-refractivity contribution in [3.63, 3.8) is 0 Å². The number of primary amides is 1. The van der Waals surface area contributed by atoms with E-state index in [1.54, 1.807) is 47.0 Å². The number of carbonyl (C=O) groups excluding carboxylic acids is 2. The molecule has 0 saturated carbocycles. The first-order valence-corrected chi connectivity index (χ1v) is 10.6. The number of nitrogens with one attached hydrogen (secondary N) is 1. The average molecular weight is 443 g/mol. The van der Waals surface area contributed by atoms with Crippen LogP contribution in [-0.4, -0.2) is 44.9 Å². The molecule has 0 radical (unpaired) electrons. The van der Waals surface area contributed by atoms with Crippen LogP contribution in [0, 0.1) is 0 Å². The van der Waals surface area contributed by atoms with E-state index < -0.39 is 29.2 Å². The number of para-hydroxylation sites is 1. The van der Waals surface area contributed by atoms with Crippen molar-refractivity contribution in [3.05, 3.63) is 42.7 Å². The number of benzene rings is 1. The normalized spacial score (nSPS) is 15.0.